The molecule has 2 heterocycles. The number of hydrogen-bond donors (Lipinski definition) is 4. The zero-order valence-electron chi connectivity index (χ0n) is 17.6. The van der Waals surface area contributed by atoms with Crippen molar-refractivity contribution in [2.24, 2.45) is 0 Å². The van der Waals surface area contributed by atoms with Crippen molar-refractivity contribution >= 4 is 17.5 Å². The highest BCUT2D eigenvalue weighted by atomic mass is 16.4. The highest BCUT2D eigenvalue weighted by Gasteiger charge is 2.27. The van der Waals surface area contributed by atoms with Crippen LogP contribution in [0.4, 0.5) is 11.5 Å². The number of aromatic nitrogens is 1. The topological polar surface area (TPSA) is 86.3 Å². The van der Waals surface area contributed by atoms with E-state index in [1.807, 2.05) is 37.3 Å². The van der Waals surface area contributed by atoms with Gasteiger partial charge in [-0.2, -0.15) is 0 Å². The normalized spacial score (nSPS) is 16.0. The number of anilines is 2. The summed E-state index contributed by atoms with van der Waals surface area (Å²) in [4.78, 5) is 15.6. The lowest BCUT2D eigenvalue weighted by molar-refractivity contribution is -0.136. The standard InChI is InChI=1S/C25H28N4O2/c1-17-12-18(14-19(13-17)15-23(30)31)9-11-26-24(20-6-3-2-4-7-20)22-16-28-21-8-5-10-27-25(21)29-22/h2-8,10,12-14,22,24,26,28H,9,11,15-16H2,1H3,(H,27,29)(H,30,31)/t22-,24-/m1/s1. The fourth-order valence-corrected chi connectivity index (χ4v) is 4.20. The van der Waals surface area contributed by atoms with Gasteiger partial charge in [-0.05, 0) is 48.7 Å². The SMILES string of the molecule is Cc1cc(CCN[C@H](c2ccccc2)[C@H]2CNc3cccnc3N2)cc(CC(=O)O)c1. The third-order valence-electron chi connectivity index (χ3n) is 5.53. The van der Waals surface area contributed by atoms with E-state index < -0.39 is 5.97 Å². The van der Waals surface area contributed by atoms with Crippen molar-refractivity contribution in [3.8, 4) is 0 Å². The number of aliphatic carboxylic acids is 1. The number of nitrogens with zero attached hydrogens (tertiary/aromatic N) is 1. The van der Waals surface area contributed by atoms with Crippen LogP contribution in [-0.4, -0.2) is 35.2 Å². The Labute approximate surface area is 182 Å². The molecule has 4 rings (SSSR count). The molecule has 4 N–H and O–H groups in total. The van der Waals surface area contributed by atoms with Gasteiger partial charge < -0.3 is 21.1 Å². The van der Waals surface area contributed by atoms with E-state index in [1.165, 1.54) is 5.56 Å². The largest absolute Gasteiger partial charge is 0.481 e. The smallest absolute Gasteiger partial charge is 0.307 e. The van der Waals surface area contributed by atoms with E-state index >= 15 is 0 Å². The quantitative estimate of drug-likeness (QED) is 0.447. The number of pyridine rings is 1. The molecule has 1 aromatic heterocycles. The van der Waals surface area contributed by atoms with Crippen molar-refractivity contribution in [1.82, 2.24) is 10.3 Å². The zero-order chi connectivity index (χ0) is 21.6. The van der Waals surface area contributed by atoms with Crippen molar-refractivity contribution < 1.29 is 9.90 Å². The molecule has 0 saturated carbocycles. The Morgan fingerprint density at radius 1 is 1.16 bits per heavy atom. The van der Waals surface area contributed by atoms with Gasteiger partial charge in [0.1, 0.15) is 5.82 Å². The van der Waals surface area contributed by atoms with Crippen LogP contribution in [-0.2, 0) is 17.6 Å². The van der Waals surface area contributed by atoms with Gasteiger partial charge in [0.25, 0.3) is 0 Å². The van der Waals surface area contributed by atoms with Crippen LogP contribution in [0.25, 0.3) is 0 Å². The van der Waals surface area contributed by atoms with Crippen LogP contribution in [0.3, 0.4) is 0 Å². The van der Waals surface area contributed by atoms with Crippen LogP contribution in [0, 0.1) is 6.92 Å². The van der Waals surface area contributed by atoms with E-state index in [9.17, 15) is 4.79 Å². The second kappa shape index (κ2) is 9.62. The molecule has 2 aromatic carbocycles. The summed E-state index contributed by atoms with van der Waals surface area (Å²) in [6, 6.07) is 20.7. The first kappa shape index (κ1) is 20.9. The first-order valence-corrected chi connectivity index (χ1v) is 10.6. The van der Waals surface area contributed by atoms with Gasteiger partial charge in [0, 0.05) is 12.7 Å². The molecule has 2 atom stereocenters. The summed E-state index contributed by atoms with van der Waals surface area (Å²) in [5.74, 6) is 0.0713. The Morgan fingerprint density at radius 2 is 1.97 bits per heavy atom. The third kappa shape index (κ3) is 5.41. The van der Waals surface area contributed by atoms with Gasteiger partial charge in [0.05, 0.1) is 24.2 Å². The summed E-state index contributed by atoms with van der Waals surface area (Å²) in [5.41, 5.74) is 5.34. The Morgan fingerprint density at radius 3 is 2.77 bits per heavy atom. The lowest BCUT2D eigenvalue weighted by Gasteiger charge is -2.34. The van der Waals surface area contributed by atoms with Crippen LogP contribution in [0.2, 0.25) is 0 Å². The molecular weight excluding hydrogens is 388 g/mol. The molecule has 0 radical (unpaired) electrons. The van der Waals surface area contributed by atoms with Gasteiger partial charge in [0.15, 0.2) is 0 Å². The Balaban J connectivity index is 1.47. The van der Waals surface area contributed by atoms with Crippen molar-refractivity contribution in [3.63, 3.8) is 0 Å². The molecule has 6 heteroatoms. The van der Waals surface area contributed by atoms with E-state index in [0.717, 1.165) is 47.7 Å². The maximum absolute atomic E-state index is 11.1. The van der Waals surface area contributed by atoms with Crippen molar-refractivity contribution in [1.29, 1.82) is 0 Å². The van der Waals surface area contributed by atoms with Crippen LogP contribution in [0.5, 0.6) is 0 Å². The predicted octanol–water partition coefficient (Wildman–Crippen LogP) is 3.80. The summed E-state index contributed by atoms with van der Waals surface area (Å²) in [6.07, 6.45) is 2.68. The maximum Gasteiger partial charge on any atom is 0.307 e. The highest BCUT2D eigenvalue weighted by molar-refractivity contribution is 5.70. The first-order chi connectivity index (χ1) is 15.1. The average molecular weight is 417 g/mol. The number of benzene rings is 2. The minimum absolute atomic E-state index is 0.0544. The molecule has 0 bridgehead atoms. The van der Waals surface area contributed by atoms with Crippen molar-refractivity contribution in [3.05, 3.63) is 89.1 Å². The maximum atomic E-state index is 11.1. The van der Waals surface area contributed by atoms with Crippen LogP contribution < -0.4 is 16.0 Å². The second-order valence-electron chi connectivity index (χ2n) is 8.02. The Hall–Kier alpha value is -3.38. The molecule has 1 aliphatic heterocycles. The molecule has 31 heavy (non-hydrogen) atoms. The number of fused-ring (bicyclic) bond motifs is 1. The van der Waals surface area contributed by atoms with Gasteiger partial charge in [-0.15, -0.1) is 0 Å². The lowest BCUT2D eigenvalue weighted by atomic mass is 9.97. The summed E-state index contributed by atoms with van der Waals surface area (Å²) < 4.78 is 0. The summed E-state index contributed by atoms with van der Waals surface area (Å²) in [7, 11) is 0. The summed E-state index contributed by atoms with van der Waals surface area (Å²) >= 11 is 0. The molecule has 0 unspecified atom stereocenters. The Kier molecular flexibility index (Phi) is 6.48. The number of carboxylic acid groups (broad SMARTS) is 1. The summed E-state index contributed by atoms with van der Waals surface area (Å²) in [5, 5.41) is 19.9. The second-order valence-corrected chi connectivity index (χ2v) is 8.02. The van der Waals surface area contributed by atoms with E-state index in [1.54, 1.807) is 6.20 Å². The Bertz CT molecular complexity index is 1040. The zero-order valence-corrected chi connectivity index (χ0v) is 17.6. The van der Waals surface area contributed by atoms with Gasteiger partial charge in [0.2, 0.25) is 0 Å². The molecular formula is C25H28N4O2. The minimum atomic E-state index is -0.802. The van der Waals surface area contributed by atoms with Crippen LogP contribution >= 0.6 is 0 Å². The number of nitrogens with one attached hydrogen (secondary N) is 3. The molecule has 160 valence electrons. The monoisotopic (exact) mass is 416 g/mol. The van der Waals surface area contributed by atoms with Gasteiger partial charge in [-0.1, -0.05) is 54.1 Å². The third-order valence-corrected chi connectivity index (χ3v) is 5.53. The van der Waals surface area contributed by atoms with Crippen LogP contribution in [0.1, 0.15) is 28.3 Å². The average Bonchev–Trinajstić information content (AvgIpc) is 2.76. The molecule has 0 amide bonds. The molecule has 0 aliphatic carbocycles. The number of aryl methyl sites for hydroxylation is 1. The van der Waals surface area contributed by atoms with Crippen molar-refractivity contribution in [2.75, 3.05) is 23.7 Å². The lowest BCUT2D eigenvalue weighted by Crippen LogP contribution is -2.44. The molecule has 1 aliphatic rings. The number of rotatable bonds is 8. The molecule has 3 aromatic rings. The minimum Gasteiger partial charge on any atom is -0.481 e. The molecule has 6 nitrogen and oxygen atoms in total. The van der Waals surface area contributed by atoms with E-state index in [2.05, 4.69) is 51.3 Å². The van der Waals surface area contributed by atoms with E-state index in [-0.39, 0.29) is 18.5 Å². The molecule has 0 spiro atoms. The van der Waals surface area contributed by atoms with E-state index in [4.69, 9.17) is 5.11 Å². The summed E-state index contributed by atoms with van der Waals surface area (Å²) in [6.45, 7) is 3.58. The van der Waals surface area contributed by atoms with E-state index in [0.29, 0.717) is 0 Å². The first-order valence-electron chi connectivity index (χ1n) is 10.6. The fourth-order valence-electron chi connectivity index (χ4n) is 4.20. The van der Waals surface area contributed by atoms with Gasteiger partial charge >= 0.3 is 5.97 Å². The molecule has 0 saturated heterocycles. The number of carbonyl (C=O) groups is 1. The van der Waals surface area contributed by atoms with Gasteiger partial charge in [-0.3, -0.25) is 4.79 Å². The van der Waals surface area contributed by atoms with Crippen LogP contribution in [0.15, 0.2) is 66.9 Å². The van der Waals surface area contributed by atoms with Gasteiger partial charge in [-0.25, -0.2) is 4.98 Å². The molecule has 0 fully saturated rings. The highest BCUT2D eigenvalue weighted by Crippen LogP contribution is 2.28. The predicted molar refractivity (Wildman–Crippen MR) is 124 cm³/mol. The number of hydrogen-bond acceptors (Lipinski definition) is 5. The number of carboxylic acids is 1. The van der Waals surface area contributed by atoms with Crippen molar-refractivity contribution in [2.45, 2.75) is 31.8 Å². The fraction of sp³-hybridized carbons (Fsp3) is 0.280.